The second-order valence-electron chi connectivity index (χ2n) is 7.04. The maximum Gasteiger partial charge on any atom is 0.460 e. The Morgan fingerprint density at radius 2 is 1.47 bits per heavy atom. The van der Waals surface area contributed by atoms with Gasteiger partial charge in [-0.1, -0.05) is 24.3 Å². The minimum absolute atomic E-state index is 0.00398. The molecule has 0 bridgehead atoms. The van der Waals surface area contributed by atoms with E-state index in [0.717, 1.165) is 36.7 Å². The fourth-order valence-electron chi connectivity index (χ4n) is 2.88. The number of sulfone groups is 1. The number of hydrogen-bond acceptors (Lipinski definition) is 4. The van der Waals surface area contributed by atoms with Gasteiger partial charge in [-0.2, -0.15) is 27.1 Å². The van der Waals surface area contributed by atoms with Gasteiger partial charge in [-0.25, -0.2) is 21.9 Å². The second-order valence-corrected chi connectivity index (χ2v) is 9.05. The highest BCUT2D eigenvalue weighted by Crippen LogP contribution is 2.41. The van der Waals surface area contributed by atoms with E-state index in [0.29, 0.717) is 0 Å². The average molecular weight is 506 g/mol. The summed E-state index contributed by atoms with van der Waals surface area (Å²) < 4.78 is 114. The Morgan fingerprint density at radius 3 is 1.97 bits per heavy atom. The fourth-order valence-corrected chi connectivity index (χ4v) is 3.51. The monoisotopic (exact) mass is 506 g/mol. The maximum absolute atomic E-state index is 13.8. The summed E-state index contributed by atoms with van der Waals surface area (Å²) >= 11 is 0. The van der Waals surface area contributed by atoms with Crippen LogP contribution in [-0.2, 0) is 9.84 Å². The molecular formula is C21H13F7N2O3S. The van der Waals surface area contributed by atoms with Crippen LogP contribution in [0.1, 0.15) is 0 Å². The Balaban J connectivity index is 2.25. The number of nitrogens with zero attached hydrogens (tertiary/aromatic N) is 2. The van der Waals surface area contributed by atoms with E-state index in [9.17, 15) is 43.9 Å². The lowest BCUT2D eigenvalue weighted by Crippen LogP contribution is -2.37. The van der Waals surface area contributed by atoms with E-state index in [4.69, 9.17) is 0 Å². The van der Waals surface area contributed by atoms with Gasteiger partial charge in [0.1, 0.15) is 5.82 Å². The van der Waals surface area contributed by atoms with Crippen molar-refractivity contribution in [2.45, 2.75) is 17.0 Å². The molecule has 0 fully saturated rings. The van der Waals surface area contributed by atoms with Gasteiger partial charge in [0.05, 0.1) is 22.9 Å². The number of allylic oxidation sites excluding steroid dienone is 1. The lowest BCUT2D eigenvalue weighted by atomic mass is 9.97. The molecule has 0 saturated heterocycles. The number of hydrogen-bond donors (Lipinski definition) is 0. The standard InChI is InChI=1S/C21H13F7N2O3S/c1-34(32,33)15-8-4-12(5-9-15)16-10-29-30(11-17(23)20(24,25)21(26,27)28)19(31)18(16)13-2-6-14(22)7-3-13/h2-11H,1H3/b17-11-. The maximum atomic E-state index is 13.8. The molecule has 3 rings (SSSR count). The Kier molecular flexibility index (Phi) is 6.44. The summed E-state index contributed by atoms with van der Waals surface area (Å²) in [7, 11) is -3.56. The van der Waals surface area contributed by atoms with Crippen LogP contribution in [0.2, 0.25) is 0 Å². The van der Waals surface area contributed by atoms with Gasteiger partial charge in [0, 0.05) is 11.8 Å². The van der Waals surface area contributed by atoms with Gasteiger partial charge in [-0.15, -0.1) is 0 Å². The topological polar surface area (TPSA) is 69.0 Å². The van der Waals surface area contributed by atoms with Crippen LogP contribution >= 0.6 is 0 Å². The third-order valence-corrected chi connectivity index (χ3v) is 5.75. The van der Waals surface area contributed by atoms with Crippen molar-refractivity contribution in [3.8, 4) is 22.3 Å². The van der Waals surface area contributed by atoms with Gasteiger partial charge in [0.2, 0.25) is 0 Å². The predicted molar refractivity (Wildman–Crippen MR) is 109 cm³/mol. The lowest BCUT2D eigenvalue weighted by molar-refractivity contribution is -0.270. The number of alkyl halides is 5. The van der Waals surface area contributed by atoms with E-state index in [1.165, 1.54) is 24.3 Å². The van der Waals surface area contributed by atoms with Crippen molar-refractivity contribution in [2.75, 3.05) is 6.26 Å². The van der Waals surface area contributed by atoms with Crippen LogP contribution in [0.25, 0.3) is 28.5 Å². The molecule has 0 aliphatic heterocycles. The van der Waals surface area contributed by atoms with Crippen LogP contribution in [0.15, 0.2) is 70.2 Å². The second kappa shape index (κ2) is 8.70. The molecule has 180 valence electrons. The predicted octanol–water partition coefficient (Wildman–Crippen LogP) is 5.09. The molecule has 0 aliphatic rings. The van der Waals surface area contributed by atoms with Crippen LogP contribution in [0.4, 0.5) is 30.7 Å². The third-order valence-electron chi connectivity index (χ3n) is 4.62. The Bertz CT molecular complexity index is 1410. The zero-order chi connectivity index (χ0) is 25.5. The molecule has 0 unspecified atom stereocenters. The Labute approximate surface area is 187 Å². The first kappa shape index (κ1) is 25.1. The molecule has 13 heteroatoms. The van der Waals surface area contributed by atoms with Crippen LogP contribution in [0, 0.1) is 5.82 Å². The van der Waals surface area contributed by atoms with Gasteiger partial charge in [0.25, 0.3) is 5.56 Å². The zero-order valence-corrected chi connectivity index (χ0v) is 17.8. The van der Waals surface area contributed by atoms with Gasteiger partial charge in [0.15, 0.2) is 15.7 Å². The van der Waals surface area contributed by atoms with Crippen molar-refractivity contribution >= 4 is 16.0 Å². The molecule has 1 aromatic heterocycles. The lowest BCUT2D eigenvalue weighted by Gasteiger charge is -2.17. The minimum atomic E-state index is -6.25. The van der Waals surface area contributed by atoms with Crippen LogP contribution in [-0.4, -0.2) is 36.6 Å². The van der Waals surface area contributed by atoms with Gasteiger partial charge >= 0.3 is 12.1 Å². The van der Waals surface area contributed by atoms with Crippen molar-refractivity contribution in [3.63, 3.8) is 0 Å². The quantitative estimate of drug-likeness (QED) is 0.453. The molecule has 0 saturated carbocycles. The summed E-state index contributed by atoms with van der Waals surface area (Å²) in [6.45, 7) is 0. The van der Waals surface area contributed by atoms with Gasteiger partial charge < -0.3 is 0 Å². The van der Waals surface area contributed by atoms with Crippen LogP contribution in [0.5, 0.6) is 0 Å². The van der Waals surface area contributed by atoms with E-state index in [-0.39, 0.29) is 38.0 Å². The summed E-state index contributed by atoms with van der Waals surface area (Å²) in [5.74, 6) is -9.53. The minimum Gasteiger partial charge on any atom is -0.267 e. The van der Waals surface area contributed by atoms with Crippen molar-refractivity contribution in [3.05, 3.63) is 76.7 Å². The third kappa shape index (κ3) is 4.88. The highest BCUT2D eigenvalue weighted by atomic mass is 32.2. The van der Waals surface area contributed by atoms with Crippen molar-refractivity contribution in [1.29, 1.82) is 0 Å². The molecule has 0 atom stereocenters. The molecule has 0 amide bonds. The van der Waals surface area contributed by atoms with E-state index in [1.54, 1.807) is 0 Å². The van der Waals surface area contributed by atoms with E-state index in [1.807, 2.05) is 0 Å². The molecule has 0 radical (unpaired) electrons. The van der Waals surface area contributed by atoms with Gasteiger partial charge in [-0.3, -0.25) is 4.79 Å². The molecule has 0 aliphatic carbocycles. The van der Waals surface area contributed by atoms with Crippen molar-refractivity contribution < 1.29 is 39.2 Å². The molecule has 0 N–H and O–H groups in total. The van der Waals surface area contributed by atoms with Crippen LogP contribution < -0.4 is 5.56 Å². The summed E-state index contributed by atoms with van der Waals surface area (Å²) in [5.41, 5.74) is -1.38. The average Bonchev–Trinajstić information content (AvgIpc) is 2.74. The largest absolute Gasteiger partial charge is 0.460 e. The highest BCUT2D eigenvalue weighted by Gasteiger charge is 2.61. The number of halogens is 7. The number of benzene rings is 2. The molecule has 0 spiro atoms. The molecule has 5 nitrogen and oxygen atoms in total. The van der Waals surface area contributed by atoms with E-state index in [2.05, 4.69) is 5.10 Å². The van der Waals surface area contributed by atoms with E-state index < -0.39 is 39.1 Å². The zero-order valence-electron chi connectivity index (χ0n) is 16.9. The number of aromatic nitrogens is 2. The SMILES string of the molecule is CS(=O)(=O)c1ccc(-c2cnn(/C=C(\F)C(F)(F)C(F)(F)F)c(=O)c2-c2ccc(F)cc2)cc1. The fraction of sp³-hybridized carbons (Fsp3) is 0.143. The van der Waals surface area contributed by atoms with E-state index >= 15 is 0 Å². The summed E-state index contributed by atoms with van der Waals surface area (Å²) in [5, 5.41) is 3.46. The molecule has 3 aromatic rings. The van der Waals surface area contributed by atoms with Crippen molar-refractivity contribution in [1.82, 2.24) is 9.78 Å². The summed E-state index contributed by atoms with van der Waals surface area (Å²) in [6.07, 6.45) is -4.78. The smallest absolute Gasteiger partial charge is 0.267 e. The molecular weight excluding hydrogens is 493 g/mol. The van der Waals surface area contributed by atoms with Crippen LogP contribution in [0.3, 0.4) is 0 Å². The molecule has 34 heavy (non-hydrogen) atoms. The summed E-state index contributed by atoms with van der Waals surface area (Å²) in [6, 6.07) is 9.23. The Hall–Kier alpha value is -3.48. The first-order chi connectivity index (χ1) is 15.6. The summed E-state index contributed by atoms with van der Waals surface area (Å²) in [4.78, 5) is 12.9. The highest BCUT2D eigenvalue weighted by molar-refractivity contribution is 7.90. The van der Waals surface area contributed by atoms with Gasteiger partial charge in [-0.05, 0) is 35.4 Å². The first-order valence-electron chi connectivity index (χ1n) is 9.13. The van der Waals surface area contributed by atoms with Crippen molar-refractivity contribution in [2.24, 2.45) is 0 Å². The number of rotatable bonds is 5. The molecule has 2 aromatic carbocycles. The first-order valence-corrected chi connectivity index (χ1v) is 11.0. The Morgan fingerprint density at radius 1 is 0.941 bits per heavy atom. The normalized spacial score (nSPS) is 13.2. The molecule has 1 heterocycles.